The Morgan fingerprint density at radius 2 is 1.96 bits per heavy atom. The molecule has 0 fully saturated rings. The minimum atomic E-state index is 0.588. The number of rotatable bonds is 6. The number of nitrogens with zero attached hydrogens (tertiary/aromatic N) is 1. The van der Waals surface area contributed by atoms with E-state index in [-0.39, 0.29) is 0 Å². The third-order valence-electron chi connectivity index (χ3n) is 3.32. The Bertz CT molecular complexity index is 727. The molecule has 2 aromatic carbocycles. The smallest absolute Gasteiger partial charge is 0.119 e. The number of nitriles is 1. The highest BCUT2D eigenvalue weighted by Crippen LogP contribution is 2.28. The van der Waals surface area contributed by atoms with E-state index in [0.717, 1.165) is 29.1 Å². The van der Waals surface area contributed by atoms with E-state index in [0.29, 0.717) is 17.9 Å². The molecule has 0 atom stereocenters. The second-order valence-electron chi connectivity index (χ2n) is 5.01. The summed E-state index contributed by atoms with van der Waals surface area (Å²) < 4.78 is 5.43. The lowest BCUT2D eigenvalue weighted by Gasteiger charge is -2.11. The molecule has 0 unspecified atom stereocenters. The number of hydrogen-bond acceptors (Lipinski definition) is 4. The molecule has 3 N–H and O–H groups in total. The molecule has 0 bridgehead atoms. The van der Waals surface area contributed by atoms with Gasteiger partial charge in [-0.15, -0.1) is 0 Å². The maximum Gasteiger partial charge on any atom is 0.119 e. The highest BCUT2D eigenvalue weighted by molar-refractivity contribution is 5.94. The maximum absolute atomic E-state index is 9.54. The van der Waals surface area contributed by atoms with Crippen LogP contribution in [-0.4, -0.2) is 13.2 Å². The maximum atomic E-state index is 9.54. The van der Waals surface area contributed by atoms with E-state index in [4.69, 9.17) is 10.5 Å². The molecule has 4 nitrogen and oxygen atoms in total. The first kappa shape index (κ1) is 16.4. The fourth-order valence-corrected chi connectivity index (χ4v) is 2.30. The summed E-state index contributed by atoms with van der Waals surface area (Å²) in [4.78, 5) is 0. The van der Waals surface area contributed by atoms with Crippen molar-refractivity contribution in [3.8, 4) is 11.8 Å². The average molecular weight is 307 g/mol. The Morgan fingerprint density at radius 1 is 1.22 bits per heavy atom. The number of nitrogens with one attached hydrogen (secondary N) is 1. The Kier molecular flexibility index (Phi) is 5.65. The van der Waals surface area contributed by atoms with Crippen molar-refractivity contribution in [2.45, 2.75) is 13.8 Å². The Hall–Kier alpha value is -2.93. The van der Waals surface area contributed by atoms with Crippen LogP contribution in [0, 0.1) is 11.3 Å². The summed E-state index contributed by atoms with van der Waals surface area (Å²) in [6, 6.07) is 15.5. The zero-order chi connectivity index (χ0) is 16.7. The predicted molar refractivity (Wildman–Crippen MR) is 96.1 cm³/mol. The molecule has 0 amide bonds. The lowest BCUT2D eigenvalue weighted by Crippen LogP contribution is -2.01. The van der Waals surface area contributed by atoms with Crippen LogP contribution in [0.15, 0.2) is 42.5 Å². The van der Waals surface area contributed by atoms with Gasteiger partial charge in [-0.1, -0.05) is 12.1 Å². The lowest BCUT2D eigenvalue weighted by atomic mass is 10.0. The van der Waals surface area contributed by atoms with Gasteiger partial charge in [-0.25, -0.2) is 0 Å². The van der Waals surface area contributed by atoms with Crippen LogP contribution in [0.5, 0.6) is 5.75 Å². The quantitative estimate of drug-likeness (QED) is 0.477. The molecule has 0 aliphatic rings. The molecule has 0 saturated heterocycles. The van der Waals surface area contributed by atoms with Gasteiger partial charge in [0.1, 0.15) is 5.75 Å². The number of nitrogens with two attached hydrogens (primary N) is 1. The molecular weight excluding hydrogens is 286 g/mol. The molecule has 23 heavy (non-hydrogen) atoms. The molecule has 0 aliphatic heterocycles. The fourth-order valence-electron chi connectivity index (χ4n) is 2.30. The van der Waals surface area contributed by atoms with Crippen LogP contribution in [0.2, 0.25) is 0 Å². The van der Waals surface area contributed by atoms with Crippen molar-refractivity contribution in [2.75, 3.05) is 24.2 Å². The number of benzene rings is 2. The second kappa shape index (κ2) is 7.90. The van der Waals surface area contributed by atoms with E-state index in [1.165, 1.54) is 0 Å². The van der Waals surface area contributed by atoms with E-state index in [1.807, 2.05) is 56.3 Å². The minimum Gasteiger partial charge on any atom is -0.494 e. The van der Waals surface area contributed by atoms with Crippen LogP contribution in [0.25, 0.3) is 11.6 Å². The molecule has 118 valence electrons. The number of anilines is 2. The van der Waals surface area contributed by atoms with Crippen LogP contribution in [-0.2, 0) is 0 Å². The molecule has 0 aliphatic carbocycles. The van der Waals surface area contributed by atoms with Crippen molar-refractivity contribution >= 4 is 23.0 Å². The topological polar surface area (TPSA) is 71.1 Å². The minimum absolute atomic E-state index is 0.588. The van der Waals surface area contributed by atoms with Gasteiger partial charge in [0.05, 0.1) is 18.2 Å². The molecular formula is C19H21N3O. The van der Waals surface area contributed by atoms with Gasteiger partial charge in [0.25, 0.3) is 0 Å². The third-order valence-corrected chi connectivity index (χ3v) is 3.32. The Balaban J connectivity index is 2.37. The van der Waals surface area contributed by atoms with Crippen LogP contribution in [0.4, 0.5) is 11.4 Å². The van der Waals surface area contributed by atoms with E-state index in [2.05, 4.69) is 11.4 Å². The zero-order valence-electron chi connectivity index (χ0n) is 13.5. The normalized spacial score (nSPS) is 10.9. The van der Waals surface area contributed by atoms with Crippen LogP contribution in [0.1, 0.15) is 25.0 Å². The summed E-state index contributed by atoms with van der Waals surface area (Å²) in [5.74, 6) is 0.823. The summed E-state index contributed by atoms with van der Waals surface area (Å²) in [5, 5.41) is 12.8. The Morgan fingerprint density at radius 3 is 2.57 bits per heavy atom. The van der Waals surface area contributed by atoms with Crippen LogP contribution < -0.4 is 15.8 Å². The second-order valence-corrected chi connectivity index (χ2v) is 5.01. The zero-order valence-corrected chi connectivity index (χ0v) is 13.5. The molecule has 0 spiro atoms. The largest absolute Gasteiger partial charge is 0.494 e. The third kappa shape index (κ3) is 4.27. The SMILES string of the molecule is CCNc1cc(N)ccc1/C(C#N)=C/c1ccc(OCC)cc1. The van der Waals surface area contributed by atoms with Gasteiger partial charge in [0.2, 0.25) is 0 Å². The molecule has 0 radical (unpaired) electrons. The van der Waals surface area contributed by atoms with Gasteiger partial charge in [0.15, 0.2) is 0 Å². The summed E-state index contributed by atoms with van der Waals surface area (Å²) in [6.07, 6.45) is 1.86. The van der Waals surface area contributed by atoms with Crippen molar-refractivity contribution < 1.29 is 4.74 Å². The van der Waals surface area contributed by atoms with Crippen LogP contribution >= 0.6 is 0 Å². The number of nitrogen functional groups attached to an aromatic ring is 1. The van der Waals surface area contributed by atoms with Crippen molar-refractivity contribution in [1.82, 2.24) is 0 Å². The van der Waals surface area contributed by atoms with E-state index < -0.39 is 0 Å². The highest BCUT2D eigenvalue weighted by atomic mass is 16.5. The van der Waals surface area contributed by atoms with Crippen molar-refractivity contribution in [1.29, 1.82) is 5.26 Å². The van der Waals surface area contributed by atoms with Crippen molar-refractivity contribution in [3.05, 3.63) is 53.6 Å². The standard InChI is InChI=1S/C19H21N3O/c1-3-22-19-12-16(21)7-10-18(19)15(13-20)11-14-5-8-17(9-6-14)23-4-2/h5-12,22H,3-4,21H2,1-2H3/b15-11+. The number of hydrogen-bond donors (Lipinski definition) is 2. The molecule has 2 aromatic rings. The number of allylic oxidation sites excluding steroid dienone is 1. The summed E-state index contributed by atoms with van der Waals surface area (Å²) in [6.45, 7) is 5.36. The first-order valence-corrected chi connectivity index (χ1v) is 7.66. The average Bonchev–Trinajstić information content (AvgIpc) is 2.55. The van der Waals surface area contributed by atoms with Gasteiger partial charge >= 0.3 is 0 Å². The van der Waals surface area contributed by atoms with Gasteiger partial charge in [-0.05, 0) is 55.8 Å². The van der Waals surface area contributed by atoms with Crippen molar-refractivity contribution in [2.24, 2.45) is 0 Å². The molecule has 0 heterocycles. The number of ether oxygens (including phenoxy) is 1. The van der Waals surface area contributed by atoms with Crippen LogP contribution in [0.3, 0.4) is 0 Å². The lowest BCUT2D eigenvalue weighted by molar-refractivity contribution is 0.340. The molecule has 0 saturated carbocycles. The predicted octanol–water partition coefficient (Wildman–Crippen LogP) is 4.16. The van der Waals surface area contributed by atoms with Gasteiger partial charge in [-0.3, -0.25) is 0 Å². The fraction of sp³-hybridized carbons (Fsp3) is 0.211. The van der Waals surface area contributed by atoms with E-state index in [1.54, 1.807) is 6.07 Å². The first-order chi connectivity index (χ1) is 11.2. The Labute approximate surface area is 137 Å². The van der Waals surface area contributed by atoms with Gasteiger partial charge in [0, 0.05) is 23.5 Å². The van der Waals surface area contributed by atoms with Gasteiger partial charge in [-0.2, -0.15) is 5.26 Å². The molecule has 2 rings (SSSR count). The molecule has 0 aromatic heterocycles. The summed E-state index contributed by atoms with van der Waals surface area (Å²) in [5.41, 5.74) is 9.76. The monoisotopic (exact) mass is 307 g/mol. The highest BCUT2D eigenvalue weighted by Gasteiger charge is 2.08. The van der Waals surface area contributed by atoms with Gasteiger partial charge < -0.3 is 15.8 Å². The van der Waals surface area contributed by atoms with E-state index in [9.17, 15) is 5.26 Å². The summed E-state index contributed by atoms with van der Waals surface area (Å²) >= 11 is 0. The van der Waals surface area contributed by atoms with Crippen molar-refractivity contribution in [3.63, 3.8) is 0 Å². The van der Waals surface area contributed by atoms with E-state index >= 15 is 0 Å². The summed E-state index contributed by atoms with van der Waals surface area (Å²) in [7, 11) is 0. The molecule has 4 heteroatoms. The first-order valence-electron chi connectivity index (χ1n) is 7.66.